The van der Waals surface area contributed by atoms with Gasteiger partial charge in [-0.05, 0) is 18.1 Å². The number of aliphatic carboxylic acids is 1. The Morgan fingerprint density at radius 1 is 1.73 bits per heavy atom. The Morgan fingerprint density at radius 2 is 2.45 bits per heavy atom. The Bertz CT molecular complexity index is 151. The molecule has 1 fully saturated rings. The number of thioether (sulfide) groups is 1. The number of hydrogen-bond donors (Lipinski definition) is 2. The van der Waals surface area contributed by atoms with Gasteiger partial charge >= 0.3 is 5.97 Å². The normalized spacial score (nSPS) is 31.7. The summed E-state index contributed by atoms with van der Waals surface area (Å²) in [6.07, 6.45) is 1.19. The van der Waals surface area contributed by atoms with Crippen LogP contribution >= 0.6 is 11.8 Å². The molecular weight excluding hydrogens is 162 g/mol. The second-order valence-corrected chi connectivity index (χ2v) is 4.04. The molecule has 1 saturated heterocycles. The maximum Gasteiger partial charge on any atom is 0.303 e. The molecule has 3 nitrogen and oxygen atoms in total. The van der Waals surface area contributed by atoms with Crippen LogP contribution in [0.5, 0.6) is 0 Å². The fourth-order valence-electron chi connectivity index (χ4n) is 1.28. The third-order valence-electron chi connectivity index (χ3n) is 1.99. The fourth-order valence-corrected chi connectivity index (χ4v) is 2.46. The van der Waals surface area contributed by atoms with E-state index in [0.717, 1.165) is 17.9 Å². The lowest BCUT2D eigenvalue weighted by Gasteiger charge is -2.26. The van der Waals surface area contributed by atoms with E-state index in [0.29, 0.717) is 0 Å². The van der Waals surface area contributed by atoms with Crippen LogP contribution in [0.2, 0.25) is 0 Å². The zero-order chi connectivity index (χ0) is 8.27. The molecule has 0 saturated carbocycles. The highest BCUT2D eigenvalue weighted by Gasteiger charge is 2.23. The lowest BCUT2D eigenvalue weighted by atomic mass is 9.95. The summed E-state index contributed by atoms with van der Waals surface area (Å²) < 4.78 is 0. The van der Waals surface area contributed by atoms with Crippen molar-refractivity contribution in [3.05, 3.63) is 0 Å². The lowest BCUT2D eigenvalue weighted by Crippen LogP contribution is -2.37. The maximum absolute atomic E-state index is 10.4. The molecule has 0 bridgehead atoms. The summed E-state index contributed by atoms with van der Waals surface area (Å²) in [7, 11) is 0. The molecule has 0 aromatic heterocycles. The van der Waals surface area contributed by atoms with E-state index in [4.69, 9.17) is 10.8 Å². The van der Waals surface area contributed by atoms with Crippen molar-refractivity contribution >= 4 is 17.7 Å². The van der Waals surface area contributed by atoms with Gasteiger partial charge < -0.3 is 10.8 Å². The first-order valence-electron chi connectivity index (χ1n) is 3.75. The van der Waals surface area contributed by atoms with Crippen LogP contribution in [0.4, 0.5) is 0 Å². The zero-order valence-electron chi connectivity index (χ0n) is 6.32. The topological polar surface area (TPSA) is 63.3 Å². The minimum absolute atomic E-state index is 0.0878. The first-order chi connectivity index (χ1) is 5.20. The highest BCUT2D eigenvalue weighted by Crippen LogP contribution is 2.24. The molecule has 1 rings (SSSR count). The molecule has 2 atom stereocenters. The largest absolute Gasteiger partial charge is 0.481 e. The van der Waals surface area contributed by atoms with E-state index in [1.54, 1.807) is 0 Å². The number of carboxylic acid groups (broad SMARTS) is 1. The van der Waals surface area contributed by atoms with Crippen LogP contribution in [-0.4, -0.2) is 28.6 Å². The lowest BCUT2D eigenvalue weighted by molar-refractivity contribution is -0.138. The Labute approximate surface area is 70.3 Å². The summed E-state index contributed by atoms with van der Waals surface area (Å²) in [6, 6.07) is 0.0878. The first kappa shape index (κ1) is 8.87. The molecule has 0 unspecified atom stereocenters. The van der Waals surface area contributed by atoms with Crippen LogP contribution in [0.1, 0.15) is 12.8 Å². The van der Waals surface area contributed by atoms with E-state index < -0.39 is 5.97 Å². The van der Waals surface area contributed by atoms with Crippen LogP contribution < -0.4 is 5.73 Å². The Balaban J connectivity index is 2.35. The second-order valence-electron chi connectivity index (χ2n) is 2.89. The van der Waals surface area contributed by atoms with Gasteiger partial charge in [-0.15, -0.1) is 0 Å². The van der Waals surface area contributed by atoms with Crippen molar-refractivity contribution in [3.8, 4) is 0 Å². The minimum Gasteiger partial charge on any atom is -0.481 e. The molecule has 1 heterocycles. The molecule has 0 aromatic carbocycles. The predicted octanol–water partition coefficient (Wildman–Crippen LogP) is 0.542. The third-order valence-corrected chi connectivity index (χ3v) is 3.13. The molecule has 4 heteroatoms. The summed E-state index contributed by atoms with van der Waals surface area (Å²) in [5, 5.41) is 8.52. The summed E-state index contributed by atoms with van der Waals surface area (Å²) >= 11 is 1.82. The Morgan fingerprint density at radius 3 is 3.00 bits per heavy atom. The molecule has 0 amide bonds. The SMILES string of the molecule is N[C@H]1CSCC[C@@H]1CC(=O)O. The van der Waals surface area contributed by atoms with Crippen LogP contribution in [0.15, 0.2) is 0 Å². The zero-order valence-corrected chi connectivity index (χ0v) is 7.14. The molecule has 1 aliphatic rings. The van der Waals surface area contributed by atoms with E-state index >= 15 is 0 Å². The van der Waals surface area contributed by atoms with Gasteiger partial charge in [0.1, 0.15) is 0 Å². The third kappa shape index (κ3) is 2.71. The number of hydrogen-bond acceptors (Lipinski definition) is 3. The quantitative estimate of drug-likeness (QED) is 0.643. The number of rotatable bonds is 2. The van der Waals surface area contributed by atoms with Crippen molar-refractivity contribution in [2.24, 2.45) is 11.7 Å². The van der Waals surface area contributed by atoms with Gasteiger partial charge in [-0.1, -0.05) is 0 Å². The Kier molecular flexibility index (Phi) is 3.20. The number of carboxylic acids is 1. The van der Waals surface area contributed by atoms with Crippen LogP contribution in [-0.2, 0) is 4.79 Å². The van der Waals surface area contributed by atoms with Crippen LogP contribution in [0.25, 0.3) is 0 Å². The Hall–Kier alpha value is -0.220. The average molecular weight is 175 g/mol. The molecule has 0 aromatic rings. The highest BCUT2D eigenvalue weighted by molar-refractivity contribution is 7.99. The fraction of sp³-hybridized carbons (Fsp3) is 0.857. The number of carbonyl (C=O) groups is 1. The monoisotopic (exact) mass is 175 g/mol. The summed E-state index contributed by atoms with van der Waals surface area (Å²) in [6.45, 7) is 0. The first-order valence-corrected chi connectivity index (χ1v) is 4.90. The second kappa shape index (κ2) is 3.97. The molecule has 0 spiro atoms. The van der Waals surface area contributed by atoms with Gasteiger partial charge in [-0.25, -0.2) is 0 Å². The van der Waals surface area contributed by atoms with Gasteiger partial charge in [0, 0.05) is 18.2 Å². The van der Waals surface area contributed by atoms with Crippen molar-refractivity contribution in [1.82, 2.24) is 0 Å². The van der Waals surface area contributed by atoms with Gasteiger partial charge in [0.05, 0.1) is 0 Å². The molecule has 1 aliphatic heterocycles. The van der Waals surface area contributed by atoms with Gasteiger partial charge in [-0.2, -0.15) is 11.8 Å². The molecule has 3 N–H and O–H groups in total. The summed E-state index contributed by atoms with van der Waals surface area (Å²) in [5.41, 5.74) is 5.74. The average Bonchev–Trinajstić information content (AvgIpc) is 1.93. The maximum atomic E-state index is 10.4. The molecule has 64 valence electrons. The van der Waals surface area contributed by atoms with E-state index in [-0.39, 0.29) is 18.4 Å². The van der Waals surface area contributed by atoms with Gasteiger partial charge in [0.25, 0.3) is 0 Å². The van der Waals surface area contributed by atoms with Crippen molar-refractivity contribution in [1.29, 1.82) is 0 Å². The van der Waals surface area contributed by atoms with Crippen molar-refractivity contribution in [3.63, 3.8) is 0 Å². The summed E-state index contributed by atoms with van der Waals surface area (Å²) in [4.78, 5) is 10.4. The van der Waals surface area contributed by atoms with E-state index in [1.807, 2.05) is 11.8 Å². The van der Waals surface area contributed by atoms with Gasteiger partial charge in [0.2, 0.25) is 0 Å². The van der Waals surface area contributed by atoms with Crippen LogP contribution in [0.3, 0.4) is 0 Å². The highest BCUT2D eigenvalue weighted by atomic mass is 32.2. The van der Waals surface area contributed by atoms with Crippen molar-refractivity contribution in [2.45, 2.75) is 18.9 Å². The van der Waals surface area contributed by atoms with Crippen molar-refractivity contribution in [2.75, 3.05) is 11.5 Å². The predicted molar refractivity (Wildman–Crippen MR) is 45.7 cm³/mol. The van der Waals surface area contributed by atoms with Gasteiger partial charge in [0.15, 0.2) is 0 Å². The van der Waals surface area contributed by atoms with E-state index in [9.17, 15) is 4.79 Å². The molecule has 0 radical (unpaired) electrons. The molecular formula is C7H13NO2S. The van der Waals surface area contributed by atoms with E-state index in [2.05, 4.69) is 0 Å². The van der Waals surface area contributed by atoms with Crippen LogP contribution in [0, 0.1) is 5.92 Å². The number of nitrogens with two attached hydrogens (primary N) is 1. The smallest absolute Gasteiger partial charge is 0.303 e. The minimum atomic E-state index is -0.725. The van der Waals surface area contributed by atoms with Crippen molar-refractivity contribution < 1.29 is 9.90 Å². The molecule has 11 heavy (non-hydrogen) atoms. The summed E-state index contributed by atoms with van der Waals surface area (Å²) in [5.74, 6) is 1.45. The van der Waals surface area contributed by atoms with E-state index in [1.165, 1.54) is 0 Å². The molecule has 0 aliphatic carbocycles. The standard InChI is InChI=1S/C7H13NO2S/c8-6-4-11-2-1-5(6)3-7(9)10/h5-6H,1-4,8H2,(H,9,10)/t5-,6+/m1/s1. The van der Waals surface area contributed by atoms with Gasteiger partial charge in [-0.3, -0.25) is 4.79 Å².